The minimum atomic E-state index is -2.61. The number of aliphatic hydroxyl groups is 1. The van der Waals surface area contributed by atoms with Gasteiger partial charge in [0.05, 0.1) is 5.56 Å². The Labute approximate surface area is 153 Å². The number of rotatable bonds is 4. The third-order valence-electron chi connectivity index (χ3n) is 4.41. The van der Waals surface area contributed by atoms with Gasteiger partial charge in [-0.1, -0.05) is 36.4 Å². The Hall–Kier alpha value is -3.03. The van der Waals surface area contributed by atoms with Crippen molar-refractivity contribution in [3.8, 4) is 0 Å². The van der Waals surface area contributed by atoms with Gasteiger partial charge in [-0.3, -0.25) is 0 Å². The van der Waals surface area contributed by atoms with Crippen molar-refractivity contribution in [3.63, 3.8) is 0 Å². The van der Waals surface area contributed by atoms with E-state index < -0.39 is 29.0 Å². The van der Waals surface area contributed by atoms with Crippen molar-refractivity contribution >= 4 is 5.97 Å². The molecule has 5 nitrogen and oxygen atoms in total. The molecule has 0 amide bonds. The van der Waals surface area contributed by atoms with E-state index in [-0.39, 0.29) is 29.9 Å². The maximum Gasteiger partial charge on any atom is 0.345 e. The fourth-order valence-corrected chi connectivity index (χ4v) is 3.21. The van der Waals surface area contributed by atoms with Crippen LogP contribution >= 0.6 is 0 Å². The second kappa shape index (κ2) is 6.61. The number of halogens is 2. The predicted molar refractivity (Wildman–Crippen MR) is 88.6 cm³/mol. The normalized spacial score (nSPS) is 21.9. The summed E-state index contributed by atoms with van der Waals surface area (Å²) in [6.45, 7) is 0.0945. The number of hydrogen-bond acceptors (Lipinski definition) is 5. The fraction of sp³-hybridized carbons (Fsp3) is 0.150. The van der Waals surface area contributed by atoms with Gasteiger partial charge in [0.2, 0.25) is 0 Å². The average Bonchev–Trinajstić information content (AvgIpc) is 3.23. The number of cyclic esters (lactones) is 1. The fourth-order valence-electron chi connectivity index (χ4n) is 3.21. The first kappa shape index (κ1) is 17.4. The molecule has 2 aromatic carbocycles. The first-order valence-electron chi connectivity index (χ1n) is 8.18. The lowest BCUT2D eigenvalue weighted by Crippen LogP contribution is -2.32. The Bertz CT molecular complexity index is 947. The molecule has 1 atom stereocenters. The molecule has 0 fully saturated rings. The smallest absolute Gasteiger partial charge is 0.345 e. The number of ether oxygens (including phenoxy) is 1. The van der Waals surface area contributed by atoms with Crippen LogP contribution in [-0.4, -0.2) is 17.7 Å². The molecule has 0 saturated carbocycles. The molecule has 0 aliphatic carbocycles. The number of carbonyl (C=O) groups excluding carboxylic acids is 1. The van der Waals surface area contributed by atoms with Crippen molar-refractivity contribution in [3.05, 3.63) is 94.3 Å². The summed E-state index contributed by atoms with van der Waals surface area (Å²) in [5.74, 6) is -5.59. The van der Waals surface area contributed by atoms with Crippen LogP contribution in [0.25, 0.3) is 0 Å². The summed E-state index contributed by atoms with van der Waals surface area (Å²) in [5, 5.41) is 11.1. The summed E-state index contributed by atoms with van der Waals surface area (Å²) in [6, 6.07) is 12.0. The summed E-state index contributed by atoms with van der Waals surface area (Å²) < 4.78 is 33.9. The van der Waals surface area contributed by atoms with Gasteiger partial charge in [0.15, 0.2) is 5.76 Å². The van der Waals surface area contributed by atoms with E-state index in [1.807, 2.05) is 0 Å². The Balaban J connectivity index is 1.92. The Kier molecular flexibility index (Phi) is 4.25. The van der Waals surface area contributed by atoms with Gasteiger partial charge in [0.25, 0.3) is 5.79 Å². The number of hydrogen-bond donors (Lipinski definition) is 1. The molecule has 0 bridgehead atoms. The van der Waals surface area contributed by atoms with Gasteiger partial charge in [-0.05, 0) is 23.8 Å². The molecule has 4 rings (SSSR count). The van der Waals surface area contributed by atoms with Gasteiger partial charge in [0.1, 0.15) is 23.8 Å². The zero-order valence-corrected chi connectivity index (χ0v) is 13.9. The third kappa shape index (κ3) is 2.90. The maximum atomic E-state index is 14.4. The number of carbonyl (C=O) groups is 1. The summed E-state index contributed by atoms with van der Waals surface area (Å²) in [4.78, 5) is 22.3. The van der Waals surface area contributed by atoms with Crippen LogP contribution in [0.3, 0.4) is 0 Å². The number of esters is 1. The molecule has 0 spiro atoms. The predicted octanol–water partition coefficient (Wildman–Crippen LogP) is 3.05. The molecule has 0 aromatic heterocycles. The molecule has 27 heavy (non-hydrogen) atoms. The molecule has 7 heteroatoms. The minimum Gasteiger partial charge on any atom is -0.421 e. The molecule has 0 radical (unpaired) electrons. The SMILES string of the molecule is O=C1OC(O)(c2c(F)cccc2F)C(Cc2ccccc2)=C1C1=CCOO1. The number of benzene rings is 2. The molecular formula is C20H14F2O5. The van der Waals surface area contributed by atoms with Crippen molar-refractivity contribution < 1.29 is 33.2 Å². The van der Waals surface area contributed by atoms with Gasteiger partial charge in [-0.25, -0.2) is 13.6 Å². The molecule has 2 heterocycles. The molecule has 2 aliphatic rings. The molecule has 2 aliphatic heterocycles. The van der Waals surface area contributed by atoms with Crippen LogP contribution in [0.5, 0.6) is 0 Å². The van der Waals surface area contributed by atoms with E-state index >= 15 is 0 Å². The molecule has 2 aromatic rings. The van der Waals surface area contributed by atoms with Crippen LogP contribution in [0.4, 0.5) is 8.78 Å². The van der Waals surface area contributed by atoms with Crippen LogP contribution in [0.1, 0.15) is 11.1 Å². The molecule has 138 valence electrons. The second-order valence-corrected chi connectivity index (χ2v) is 6.08. The molecule has 1 unspecified atom stereocenters. The van der Waals surface area contributed by atoms with E-state index in [1.165, 1.54) is 6.08 Å². The lowest BCUT2D eigenvalue weighted by Gasteiger charge is -2.26. The highest BCUT2D eigenvalue weighted by Gasteiger charge is 2.52. The van der Waals surface area contributed by atoms with Crippen LogP contribution in [0.15, 0.2) is 71.5 Å². The van der Waals surface area contributed by atoms with Crippen molar-refractivity contribution in [2.24, 2.45) is 0 Å². The van der Waals surface area contributed by atoms with E-state index in [0.29, 0.717) is 5.56 Å². The van der Waals surface area contributed by atoms with Crippen LogP contribution < -0.4 is 0 Å². The van der Waals surface area contributed by atoms with Gasteiger partial charge < -0.3 is 14.7 Å². The molecule has 1 N–H and O–H groups in total. The Morgan fingerprint density at radius 1 is 1.04 bits per heavy atom. The van der Waals surface area contributed by atoms with Crippen LogP contribution in [0, 0.1) is 11.6 Å². The zero-order chi connectivity index (χ0) is 19.0. The van der Waals surface area contributed by atoms with E-state index in [0.717, 1.165) is 18.2 Å². The summed E-state index contributed by atoms with van der Waals surface area (Å²) in [5.41, 5.74) is -0.183. The van der Waals surface area contributed by atoms with Crippen LogP contribution in [0.2, 0.25) is 0 Å². The minimum absolute atomic E-state index is 0.00683. The monoisotopic (exact) mass is 372 g/mol. The lowest BCUT2D eigenvalue weighted by molar-refractivity contribution is -0.231. The maximum absolute atomic E-state index is 14.4. The quantitative estimate of drug-likeness (QED) is 0.660. The van der Waals surface area contributed by atoms with Crippen LogP contribution in [-0.2, 0) is 31.5 Å². The second-order valence-electron chi connectivity index (χ2n) is 6.08. The highest BCUT2D eigenvalue weighted by atomic mass is 19.1. The summed E-state index contributed by atoms with van der Waals surface area (Å²) in [6.07, 6.45) is 1.48. The standard InChI is InChI=1S/C20H14F2O5/c21-14-7-4-8-15(22)18(14)20(24)13(11-12-5-2-1-3-6-12)17(19(23)26-20)16-9-10-25-27-16/h1-9,24H,10-11H2. The van der Waals surface area contributed by atoms with Gasteiger partial charge >= 0.3 is 5.97 Å². The van der Waals surface area contributed by atoms with Crippen molar-refractivity contribution in [1.82, 2.24) is 0 Å². The van der Waals surface area contributed by atoms with Gasteiger partial charge in [-0.15, -0.1) is 0 Å². The first-order chi connectivity index (χ1) is 13.0. The third-order valence-corrected chi connectivity index (χ3v) is 4.41. The lowest BCUT2D eigenvalue weighted by atomic mass is 9.89. The first-order valence-corrected chi connectivity index (χ1v) is 8.18. The highest BCUT2D eigenvalue weighted by molar-refractivity contribution is 5.97. The van der Waals surface area contributed by atoms with Crippen molar-refractivity contribution in [2.75, 3.05) is 6.61 Å². The van der Waals surface area contributed by atoms with E-state index in [1.54, 1.807) is 30.3 Å². The van der Waals surface area contributed by atoms with E-state index in [9.17, 15) is 18.7 Å². The zero-order valence-electron chi connectivity index (χ0n) is 13.9. The Morgan fingerprint density at radius 3 is 2.37 bits per heavy atom. The molecule has 0 saturated heterocycles. The Morgan fingerprint density at radius 2 is 1.74 bits per heavy atom. The van der Waals surface area contributed by atoms with E-state index in [4.69, 9.17) is 14.5 Å². The van der Waals surface area contributed by atoms with Crippen molar-refractivity contribution in [2.45, 2.75) is 12.2 Å². The highest BCUT2D eigenvalue weighted by Crippen LogP contribution is 2.45. The van der Waals surface area contributed by atoms with E-state index in [2.05, 4.69) is 0 Å². The van der Waals surface area contributed by atoms with Gasteiger partial charge in [0, 0.05) is 12.0 Å². The van der Waals surface area contributed by atoms with Gasteiger partial charge in [-0.2, -0.15) is 4.89 Å². The van der Waals surface area contributed by atoms with Crippen molar-refractivity contribution in [1.29, 1.82) is 0 Å². The summed E-state index contributed by atoms with van der Waals surface area (Å²) in [7, 11) is 0. The summed E-state index contributed by atoms with van der Waals surface area (Å²) >= 11 is 0. The molecular weight excluding hydrogens is 358 g/mol. The topological polar surface area (TPSA) is 65.0 Å². The largest absolute Gasteiger partial charge is 0.421 e. The average molecular weight is 372 g/mol.